The van der Waals surface area contributed by atoms with Crippen molar-refractivity contribution in [2.45, 2.75) is 78.4 Å². The molecule has 3 fully saturated rings. The first-order chi connectivity index (χ1) is 13.2. The molecule has 8 atom stereocenters. The normalized spacial score (nSPS) is 48.4. The zero-order valence-electron chi connectivity index (χ0n) is 17.6. The molecule has 0 amide bonds. The van der Waals surface area contributed by atoms with Gasteiger partial charge in [0.15, 0.2) is 5.78 Å². The molecule has 0 aromatic rings. The predicted molar refractivity (Wildman–Crippen MR) is 108 cm³/mol. The zero-order valence-corrected chi connectivity index (χ0v) is 17.6. The van der Waals surface area contributed by atoms with Crippen molar-refractivity contribution in [2.24, 2.45) is 39.7 Å². The van der Waals surface area contributed by atoms with Crippen LogP contribution in [0.2, 0.25) is 0 Å². The number of aliphatic hydroxyl groups excluding tert-OH is 2. The Balaban J connectivity index is 1.67. The molecule has 0 aromatic heterocycles. The number of allylic oxidation sites excluding steroid dienone is 2. The van der Waals surface area contributed by atoms with Gasteiger partial charge in [0.05, 0.1) is 17.9 Å². The van der Waals surface area contributed by atoms with Gasteiger partial charge in [-0.25, -0.2) is 0 Å². The fourth-order valence-corrected chi connectivity index (χ4v) is 7.31. The van der Waals surface area contributed by atoms with Crippen LogP contribution in [-0.4, -0.2) is 40.5 Å². The molecule has 28 heavy (non-hydrogen) atoms. The average Bonchev–Trinajstić information content (AvgIpc) is 2.99. The van der Waals surface area contributed by atoms with Crippen molar-refractivity contribution in [2.75, 3.05) is 6.61 Å². The number of rotatable bonds is 3. The number of carbonyl (C=O) groups excluding carboxylic acids is 1. The van der Waals surface area contributed by atoms with Crippen molar-refractivity contribution < 1.29 is 19.8 Å². The van der Waals surface area contributed by atoms with Gasteiger partial charge < -0.3 is 15.1 Å². The largest absolute Gasteiger partial charge is 0.396 e. The van der Waals surface area contributed by atoms with Crippen LogP contribution in [0.15, 0.2) is 16.8 Å². The highest BCUT2D eigenvalue weighted by molar-refractivity contribution is 5.95. The maximum absolute atomic E-state index is 13.1. The number of hydrogen-bond donors (Lipinski definition) is 2. The van der Waals surface area contributed by atoms with Crippen LogP contribution in [0.1, 0.15) is 66.2 Å². The molecule has 0 spiro atoms. The van der Waals surface area contributed by atoms with Crippen molar-refractivity contribution in [1.82, 2.24) is 0 Å². The van der Waals surface area contributed by atoms with Gasteiger partial charge >= 0.3 is 0 Å². The average molecular weight is 390 g/mol. The maximum atomic E-state index is 13.1. The summed E-state index contributed by atoms with van der Waals surface area (Å²) in [6.07, 6.45) is 5.66. The van der Waals surface area contributed by atoms with E-state index >= 15 is 0 Å². The standard InChI is InChI=1S/C23H35NO4/c1-5-28-24-13(2)15-6-7-16-14-10-19(25)18-11-20(26)21(27)12-23(18,4)17(14)8-9-22(15,16)3/h10,15-18,20-21,26-27H,5-9,11-12H2,1-4H3/b24-13+/t15-,16?,17?,18+,20-,21+,22-,23-/m1/s1. The molecule has 156 valence electrons. The lowest BCUT2D eigenvalue weighted by atomic mass is 9.47. The van der Waals surface area contributed by atoms with Crippen molar-refractivity contribution >= 4 is 11.5 Å². The van der Waals surface area contributed by atoms with Crippen LogP contribution in [0.5, 0.6) is 0 Å². The summed E-state index contributed by atoms with van der Waals surface area (Å²) in [4.78, 5) is 18.4. The van der Waals surface area contributed by atoms with Gasteiger partial charge in [-0.2, -0.15) is 0 Å². The summed E-state index contributed by atoms with van der Waals surface area (Å²) in [5.74, 6) is 1.12. The van der Waals surface area contributed by atoms with E-state index in [1.807, 2.05) is 13.0 Å². The molecule has 5 nitrogen and oxygen atoms in total. The lowest BCUT2D eigenvalue weighted by molar-refractivity contribution is -0.142. The van der Waals surface area contributed by atoms with Gasteiger partial charge in [-0.1, -0.05) is 24.6 Å². The van der Waals surface area contributed by atoms with Crippen molar-refractivity contribution in [3.05, 3.63) is 11.6 Å². The molecule has 0 saturated heterocycles. The molecule has 4 rings (SSSR count). The SMILES string of the molecule is CCO/N=C(\C)[C@H]1CCC2C3=CC(=O)[C@@H]4C[C@@H](O)[C@@H](O)C[C@]4(C)C3CC[C@@]21C. The molecule has 2 unspecified atom stereocenters. The summed E-state index contributed by atoms with van der Waals surface area (Å²) in [5.41, 5.74) is 2.26. The van der Waals surface area contributed by atoms with E-state index < -0.39 is 12.2 Å². The summed E-state index contributed by atoms with van der Waals surface area (Å²) >= 11 is 0. The van der Waals surface area contributed by atoms with Crippen LogP contribution in [-0.2, 0) is 9.63 Å². The number of ketones is 1. The number of aliphatic hydroxyl groups is 2. The van der Waals surface area contributed by atoms with Crippen LogP contribution >= 0.6 is 0 Å². The highest BCUT2D eigenvalue weighted by atomic mass is 16.6. The van der Waals surface area contributed by atoms with Gasteiger partial charge in [-0.3, -0.25) is 4.79 Å². The van der Waals surface area contributed by atoms with Gasteiger partial charge in [0.25, 0.3) is 0 Å². The Morgan fingerprint density at radius 3 is 2.57 bits per heavy atom. The maximum Gasteiger partial charge on any atom is 0.159 e. The smallest absolute Gasteiger partial charge is 0.159 e. The second-order valence-electron chi connectivity index (χ2n) is 10.1. The summed E-state index contributed by atoms with van der Waals surface area (Å²) < 4.78 is 0. The number of carbonyl (C=O) groups is 1. The number of hydrogen-bond acceptors (Lipinski definition) is 5. The van der Waals surface area contributed by atoms with Crippen LogP contribution in [0, 0.1) is 34.5 Å². The molecular weight excluding hydrogens is 354 g/mol. The Bertz CT molecular complexity index is 715. The topological polar surface area (TPSA) is 79.1 Å². The third kappa shape index (κ3) is 2.80. The van der Waals surface area contributed by atoms with Crippen molar-refractivity contribution in [1.29, 1.82) is 0 Å². The Morgan fingerprint density at radius 1 is 1.14 bits per heavy atom. The molecule has 0 radical (unpaired) electrons. The Hall–Kier alpha value is -1.20. The van der Waals surface area contributed by atoms with E-state index in [1.165, 1.54) is 5.57 Å². The number of oxime groups is 1. The molecule has 0 heterocycles. The van der Waals surface area contributed by atoms with E-state index in [4.69, 9.17) is 4.84 Å². The van der Waals surface area contributed by atoms with Crippen molar-refractivity contribution in [3.63, 3.8) is 0 Å². The second-order valence-corrected chi connectivity index (χ2v) is 10.1. The van der Waals surface area contributed by atoms with E-state index in [0.29, 0.717) is 37.2 Å². The molecule has 0 bridgehead atoms. The van der Waals surface area contributed by atoms with Crippen molar-refractivity contribution in [3.8, 4) is 0 Å². The molecule has 4 aliphatic carbocycles. The van der Waals surface area contributed by atoms with E-state index in [0.717, 1.165) is 31.4 Å². The molecule has 2 N–H and O–H groups in total. The predicted octanol–water partition coefficient (Wildman–Crippen LogP) is 3.49. The molecule has 0 aliphatic heterocycles. The van der Waals surface area contributed by atoms with Gasteiger partial charge in [-0.15, -0.1) is 0 Å². The van der Waals surface area contributed by atoms with E-state index in [9.17, 15) is 15.0 Å². The third-order valence-corrected chi connectivity index (χ3v) is 8.77. The lowest BCUT2D eigenvalue weighted by Crippen LogP contribution is -2.55. The second kappa shape index (κ2) is 6.94. The minimum absolute atomic E-state index is 0.114. The Labute approximate surface area is 168 Å². The van der Waals surface area contributed by atoms with Gasteiger partial charge in [-0.05, 0) is 81.1 Å². The zero-order chi connectivity index (χ0) is 20.3. The first kappa shape index (κ1) is 20.1. The number of nitrogens with zero attached hydrogens (tertiary/aromatic N) is 1. The molecule has 3 saturated carbocycles. The number of fused-ring (bicyclic) bond motifs is 5. The van der Waals surface area contributed by atoms with Gasteiger partial charge in [0, 0.05) is 11.8 Å². The monoisotopic (exact) mass is 389 g/mol. The summed E-state index contributed by atoms with van der Waals surface area (Å²) in [5, 5.41) is 24.9. The summed E-state index contributed by atoms with van der Waals surface area (Å²) in [7, 11) is 0. The van der Waals surface area contributed by atoms with Gasteiger partial charge in [0.2, 0.25) is 0 Å². The Morgan fingerprint density at radius 2 is 1.86 bits per heavy atom. The molecule has 5 heteroatoms. The van der Waals surface area contributed by atoms with E-state index in [1.54, 1.807) is 0 Å². The molecular formula is C23H35NO4. The highest BCUT2D eigenvalue weighted by Gasteiger charge is 2.60. The van der Waals surface area contributed by atoms with Crippen LogP contribution < -0.4 is 0 Å². The fraction of sp³-hybridized carbons (Fsp3) is 0.826. The molecule has 0 aromatic carbocycles. The highest BCUT2D eigenvalue weighted by Crippen LogP contribution is 2.65. The van der Waals surface area contributed by atoms with Crippen LogP contribution in [0.25, 0.3) is 0 Å². The summed E-state index contributed by atoms with van der Waals surface area (Å²) in [6, 6.07) is 0. The van der Waals surface area contributed by atoms with Crippen LogP contribution in [0.4, 0.5) is 0 Å². The fourth-order valence-electron chi connectivity index (χ4n) is 7.31. The first-order valence-corrected chi connectivity index (χ1v) is 11.0. The minimum Gasteiger partial charge on any atom is -0.396 e. The third-order valence-electron chi connectivity index (χ3n) is 8.77. The van der Waals surface area contributed by atoms with Crippen LogP contribution in [0.3, 0.4) is 0 Å². The minimum atomic E-state index is -0.779. The first-order valence-electron chi connectivity index (χ1n) is 11.0. The van der Waals surface area contributed by atoms with Gasteiger partial charge in [0.1, 0.15) is 6.61 Å². The van der Waals surface area contributed by atoms with E-state index in [-0.39, 0.29) is 22.5 Å². The summed E-state index contributed by atoms with van der Waals surface area (Å²) in [6.45, 7) is 9.16. The quantitative estimate of drug-likeness (QED) is 0.572. The lowest BCUT2D eigenvalue weighted by Gasteiger charge is -2.57. The Kier molecular flexibility index (Phi) is 4.98. The molecule has 4 aliphatic rings. The van der Waals surface area contributed by atoms with E-state index in [2.05, 4.69) is 25.9 Å².